The zero-order valence-electron chi connectivity index (χ0n) is 15.5. The number of Topliss-reactive ketones (excluding diaryl/α,β-unsaturated/α-hetero) is 1. The van der Waals surface area contributed by atoms with Gasteiger partial charge in [0, 0.05) is 29.9 Å². The number of carbonyl (C=O) groups is 3. The molecule has 3 aromatic rings. The summed E-state index contributed by atoms with van der Waals surface area (Å²) in [4.78, 5) is 42.5. The number of aromatic amines is 1. The van der Waals surface area contributed by atoms with E-state index in [9.17, 15) is 14.4 Å². The Bertz CT molecular complexity index is 1070. The predicted octanol–water partition coefficient (Wildman–Crippen LogP) is 2.72. The molecule has 0 fully saturated rings. The quantitative estimate of drug-likeness (QED) is 0.511. The van der Waals surface area contributed by atoms with Crippen molar-refractivity contribution in [3.8, 4) is 0 Å². The first-order valence-corrected chi connectivity index (χ1v) is 9.44. The third-order valence-corrected chi connectivity index (χ3v) is 4.78. The van der Waals surface area contributed by atoms with Crippen molar-refractivity contribution in [2.24, 2.45) is 4.99 Å². The number of aromatic nitrogens is 2. The van der Waals surface area contributed by atoms with Crippen molar-refractivity contribution in [3.63, 3.8) is 0 Å². The van der Waals surface area contributed by atoms with E-state index in [1.165, 1.54) is 36.1 Å². The first kappa shape index (κ1) is 19.5. The van der Waals surface area contributed by atoms with Crippen LogP contribution in [0.3, 0.4) is 0 Å². The van der Waals surface area contributed by atoms with E-state index in [4.69, 9.17) is 4.74 Å². The Balaban J connectivity index is 1.63. The lowest BCUT2D eigenvalue weighted by Gasteiger charge is -2.04. The number of nitrogens with zero attached hydrogens (tertiary/aromatic N) is 2. The Labute approximate surface area is 165 Å². The van der Waals surface area contributed by atoms with Crippen LogP contribution >= 0.6 is 11.3 Å². The van der Waals surface area contributed by atoms with Crippen LogP contribution in [0, 0.1) is 6.92 Å². The lowest BCUT2D eigenvalue weighted by atomic mass is 10.1. The lowest BCUT2D eigenvalue weighted by molar-refractivity contribution is -0.121. The molecule has 0 aliphatic heterocycles. The molecule has 3 rings (SSSR count). The summed E-state index contributed by atoms with van der Waals surface area (Å²) >= 11 is 1.33. The molecule has 1 aromatic carbocycles. The van der Waals surface area contributed by atoms with Crippen molar-refractivity contribution in [1.82, 2.24) is 9.55 Å². The number of ether oxygens (including phenoxy) is 1. The summed E-state index contributed by atoms with van der Waals surface area (Å²) in [6, 6.07) is 9.50. The largest absolute Gasteiger partial charge is 0.451 e. The fourth-order valence-corrected chi connectivity index (χ4v) is 3.20. The molecule has 1 N–H and O–H groups in total. The normalized spacial score (nSPS) is 11.4. The molecule has 0 saturated heterocycles. The minimum absolute atomic E-state index is 0.114. The van der Waals surface area contributed by atoms with Gasteiger partial charge in [-0.05, 0) is 25.5 Å². The number of aryl methyl sites for hydroxylation is 1. The Morgan fingerprint density at radius 2 is 1.96 bits per heavy atom. The molecule has 0 aliphatic rings. The SMILES string of the molecule is CC(=O)c1c[nH]c(C(=O)OCC(=O)N=c2sccn2Cc2ccc(C)cc2)c1. The van der Waals surface area contributed by atoms with Crippen molar-refractivity contribution in [2.45, 2.75) is 20.4 Å². The van der Waals surface area contributed by atoms with Crippen LogP contribution in [-0.2, 0) is 16.1 Å². The highest BCUT2D eigenvalue weighted by Crippen LogP contribution is 2.07. The Hall–Kier alpha value is -3.26. The number of carbonyl (C=O) groups excluding carboxylic acids is 3. The van der Waals surface area contributed by atoms with Crippen LogP contribution in [0.1, 0.15) is 38.9 Å². The van der Waals surface area contributed by atoms with Gasteiger partial charge in [-0.1, -0.05) is 29.8 Å². The molecule has 0 radical (unpaired) electrons. The standard InChI is InChI=1S/C20H19N3O4S/c1-13-3-5-15(6-4-13)11-23-7-8-28-20(23)22-18(25)12-27-19(26)17-9-16(10-21-17)14(2)24/h3-10,21H,11-12H2,1-2H3. The van der Waals surface area contributed by atoms with Gasteiger partial charge < -0.3 is 14.3 Å². The molecule has 0 unspecified atom stereocenters. The second-order valence-corrected chi connectivity index (χ2v) is 7.11. The molecule has 0 bridgehead atoms. The van der Waals surface area contributed by atoms with E-state index in [0.29, 0.717) is 16.9 Å². The fraction of sp³-hybridized carbons (Fsp3) is 0.200. The van der Waals surface area contributed by atoms with Gasteiger partial charge in [-0.25, -0.2) is 4.79 Å². The van der Waals surface area contributed by atoms with Crippen LogP contribution in [0.2, 0.25) is 0 Å². The van der Waals surface area contributed by atoms with Crippen LogP contribution in [0.25, 0.3) is 0 Å². The van der Waals surface area contributed by atoms with E-state index in [0.717, 1.165) is 5.56 Å². The molecule has 0 aliphatic carbocycles. The van der Waals surface area contributed by atoms with E-state index in [1.807, 2.05) is 47.3 Å². The maximum absolute atomic E-state index is 12.1. The molecule has 2 aromatic heterocycles. The number of ketones is 1. The van der Waals surface area contributed by atoms with Crippen molar-refractivity contribution in [2.75, 3.05) is 6.61 Å². The predicted molar refractivity (Wildman–Crippen MR) is 104 cm³/mol. The highest BCUT2D eigenvalue weighted by molar-refractivity contribution is 7.07. The summed E-state index contributed by atoms with van der Waals surface area (Å²) in [5.74, 6) is -1.45. The first-order valence-electron chi connectivity index (χ1n) is 8.56. The summed E-state index contributed by atoms with van der Waals surface area (Å²) in [5, 5.41) is 1.84. The molecule has 7 nitrogen and oxygen atoms in total. The van der Waals surface area contributed by atoms with Gasteiger partial charge in [-0.15, -0.1) is 11.3 Å². The first-order chi connectivity index (χ1) is 13.4. The number of thiazole rings is 1. The van der Waals surface area contributed by atoms with Crippen LogP contribution in [0.5, 0.6) is 0 Å². The summed E-state index contributed by atoms with van der Waals surface area (Å²) in [7, 11) is 0. The molecular weight excluding hydrogens is 378 g/mol. The number of hydrogen-bond acceptors (Lipinski definition) is 5. The number of benzene rings is 1. The van der Waals surface area contributed by atoms with Crippen LogP contribution < -0.4 is 4.80 Å². The second kappa shape index (κ2) is 8.62. The minimum Gasteiger partial charge on any atom is -0.451 e. The van der Waals surface area contributed by atoms with Gasteiger partial charge in [0.2, 0.25) is 0 Å². The van der Waals surface area contributed by atoms with Gasteiger partial charge in [0.25, 0.3) is 5.91 Å². The lowest BCUT2D eigenvalue weighted by Crippen LogP contribution is -2.20. The van der Waals surface area contributed by atoms with E-state index in [-0.39, 0.29) is 11.5 Å². The third-order valence-electron chi connectivity index (χ3n) is 3.99. The zero-order valence-corrected chi connectivity index (χ0v) is 16.3. The summed E-state index contributed by atoms with van der Waals surface area (Å²) < 4.78 is 6.83. The molecule has 0 atom stereocenters. The maximum atomic E-state index is 12.1. The fourth-order valence-electron chi connectivity index (χ4n) is 2.46. The van der Waals surface area contributed by atoms with Gasteiger partial charge in [0.15, 0.2) is 17.2 Å². The molecule has 2 heterocycles. The van der Waals surface area contributed by atoms with E-state index in [1.54, 1.807) is 0 Å². The minimum atomic E-state index is -0.713. The van der Waals surface area contributed by atoms with Crippen LogP contribution in [-0.4, -0.2) is 33.8 Å². The summed E-state index contributed by atoms with van der Waals surface area (Å²) in [6.45, 7) is 3.53. The highest BCUT2D eigenvalue weighted by Gasteiger charge is 2.13. The number of hydrogen-bond donors (Lipinski definition) is 1. The molecule has 0 spiro atoms. The average Bonchev–Trinajstić information content (AvgIpc) is 3.32. The molecular formula is C20H19N3O4S. The summed E-state index contributed by atoms with van der Waals surface area (Å²) in [5.41, 5.74) is 2.76. The van der Waals surface area contributed by atoms with Crippen LogP contribution in [0.15, 0.2) is 53.1 Å². The van der Waals surface area contributed by atoms with Gasteiger partial charge in [-0.2, -0.15) is 4.99 Å². The van der Waals surface area contributed by atoms with Gasteiger partial charge in [0.1, 0.15) is 5.69 Å². The smallest absolute Gasteiger partial charge is 0.355 e. The summed E-state index contributed by atoms with van der Waals surface area (Å²) in [6.07, 6.45) is 3.27. The van der Waals surface area contributed by atoms with Crippen molar-refractivity contribution >= 4 is 29.0 Å². The molecule has 8 heteroatoms. The number of amides is 1. The molecule has 28 heavy (non-hydrogen) atoms. The van der Waals surface area contributed by atoms with Gasteiger partial charge >= 0.3 is 5.97 Å². The number of rotatable bonds is 6. The number of H-pyrrole nitrogens is 1. The zero-order chi connectivity index (χ0) is 20.1. The Morgan fingerprint density at radius 1 is 1.21 bits per heavy atom. The Morgan fingerprint density at radius 3 is 2.64 bits per heavy atom. The van der Waals surface area contributed by atoms with Gasteiger partial charge in [0.05, 0.1) is 0 Å². The number of esters is 1. The second-order valence-electron chi connectivity index (χ2n) is 6.24. The molecule has 1 amide bonds. The van der Waals surface area contributed by atoms with Gasteiger partial charge in [-0.3, -0.25) is 9.59 Å². The average molecular weight is 397 g/mol. The van der Waals surface area contributed by atoms with E-state index in [2.05, 4.69) is 9.98 Å². The number of nitrogens with one attached hydrogen (secondary N) is 1. The highest BCUT2D eigenvalue weighted by atomic mass is 32.1. The van der Waals surface area contributed by atoms with E-state index >= 15 is 0 Å². The Kier molecular flexibility index (Phi) is 6.00. The topological polar surface area (TPSA) is 93.5 Å². The molecule has 0 saturated carbocycles. The van der Waals surface area contributed by atoms with Crippen LogP contribution in [0.4, 0.5) is 0 Å². The van der Waals surface area contributed by atoms with Crippen molar-refractivity contribution in [3.05, 3.63) is 75.3 Å². The van der Waals surface area contributed by atoms with E-state index < -0.39 is 18.5 Å². The maximum Gasteiger partial charge on any atom is 0.355 e. The van der Waals surface area contributed by atoms with Crippen molar-refractivity contribution in [1.29, 1.82) is 0 Å². The third kappa shape index (κ3) is 4.92. The molecule has 144 valence electrons. The monoisotopic (exact) mass is 397 g/mol. The van der Waals surface area contributed by atoms with Crippen molar-refractivity contribution < 1.29 is 19.1 Å².